The normalized spacial score (nSPS) is 24.6. The zero-order valence-corrected chi connectivity index (χ0v) is 12.4. The van der Waals surface area contributed by atoms with E-state index in [0.29, 0.717) is 17.0 Å². The van der Waals surface area contributed by atoms with E-state index in [1.165, 1.54) is 0 Å². The topological polar surface area (TPSA) is 64.4 Å². The summed E-state index contributed by atoms with van der Waals surface area (Å²) in [5, 5.41) is 13.7. The molecule has 1 aliphatic heterocycles. The number of carbonyl (C=O) groups is 1. The van der Waals surface area contributed by atoms with Crippen LogP contribution in [-0.4, -0.2) is 32.1 Å². The van der Waals surface area contributed by atoms with Gasteiger partial charge in [0.1, 0.15) is 5.56 Å². The van der Waals surface area contributed by atoms with Crippen LogP contribution in [0.4, 0.5) is 0 Å². The molecule has 5 nitrogen and oxygen atoms in total. The minimum Gasteiger partial charge on any atom is -0.478 e. The van der Waals surface area contributed by atoms with Gasteiger partial charge in [-0.25, -0.2) is 4.79 Å². The Morgan fingerprint density at radius 1 is 1.37 bits per heavy atom. The summed E-state index contributed by atoms with van der Waals surface area (Å²) in [7, 11) is 0. The molecule has 0 radical (unpaired) electrons. The van der Waals surface area contributed by atoms with Crippen molar-refractivity contribution in [3.05, 3.63) is 17.0 Å². The van der Waals surface area contributed by atoms with Gasteiger partial charge in [-0.3, -0.25) is 4.68 Å². The first-order valence-corrected chi connectivity index (χ1v) is 6.54. The molecular weight excluding hydrogens is 244 g/mol. The first-order valence-electron chi connectivity index (χ1n) is 6.54. The fourth-order valence-electron chi connectivity index (χ4n) is 3.19. The van der Waals surface area contributed by atoms with E-state index in [9.17, 15) is 9.90 Å². The van der Waals surface area contributed by atoms with Crippen LogP contribution >= 0.6 is 0 Å². The SMILES string of the molecule is Cc1nn(C2CC(C)(C)OC2(C)C)c(C)c1C(=O)O. The van der Waals surface area contributed by atoms with Gasteiger partial charge in [0.2, 0.25) is 0 Å². The number of aryl methyl sites for hydroxylation is 1. The molecule has 0 aliphatic carbocycles. The summed E-state index contributed by atoms with van der Waals surface area (Å²) in [6.07, 6.45) is 0.820. The van der Waals surface area contributed by atoms with Crippen molar-refractivity contribution >= 4 is 5.97 Å². The Kier molecular flexibility index (Phi) is 3.01. The first-order chi connectivity index (χ1) is 8.55. The molecule has 1 fully saturated rings. The second-order valence-electron chi connectivity index (χ2n) is 6.48. The molecule has 1 unspecified atom stereocenters. The minimum atomic E-state index is -0.919. The molecule has 19 heavy (non-hydrogen) atoms. The molecule has 2 rings (SSSR count). The van der Waals surface area contributed by atoms with E-state index in [1.807, 2.05) is 25.5 Å². The van der Waals surface area contributed by atoms with Gasteiger partial charge in [-0.05, 0) is 41.5 Å². The maximum Gasteiger partial charge on any atom is 0.339 e. The first kappa shape index (κ1) is 14.1. The number of carboxylic acids is 1. The van der Waals surface area contributed by atoms with Crippen molar-refractivity contribution in [1.82, 2.24) is 9.78 Å². The molecule has 106 valence electrons. The summed E-state index contributed by atoms with van der Waals surface area (Å²) < 4.78 is 7.89. The summed E-state index contributed by atoms with van der Waals surface area (Å²) in [6.45, 7) is 11.7. The Morgan fingerprint density at radius 2 is 1.95 bits per heavy atom. The van der Waals surface area contributed by atoms with Gasteiger partial charge in [-0.15, -0.1) is 0 Å². The second-order valence-corrected chi connectivity index (χ2v) is 6.48. The van der Waals surface area contributed by atoms with Crippen molar-refractivity contribution < 1.29 is 14.6 Å². The third kappa shape index (κ3) is 2.27. The van der Waals surface area contributed by atoms with Crippen molar-refractivity contribution in [3.63, 3.8) is 0 Å². The molecule has 0 bridgehead atoms. The lowest BCUT2D eigenvalue weighted by atomic mass is 9.94. The Labute approximate surface area is 113 Å². The van der Waals surface area contributed by atoms with Crippen molar-refractivity contribution in [1.29, 1.82) is 0 Å². The van der Waals surface area contributed by atoms with E-state index in [1.54, 1.807) is 6.92 Å². The van der Waals surface area contributed by atoms with Crippen LogP contribution in [0.1, 0.15) is 61.9 Å². The van der Waals surface area contributed by atoms with Crippen LogP contribution in [-0.2, 0) is 4.74 Å². The lowest BCUT2D eigenvalue weighted by molar-refractivity contribution is -0.0739. The maximum absolute atomic E-state index is 11.3. The molecule has 0 saturated carbocycles. The summed E-state index contributed by atoms with van der Waals surface area (Å²) in [4.78, 5) is 11.3. The summed E-state index contributed by atoms with van der Waals surface area (Å²) in [5.74, 6) is -0.919. The molecule has 0 amide bonds. The number of rotatable bonds is 2. The summed E-state index contributed by atoms with van der Waals surface area (Å²) in [5.41, 5.74) is 0.988. The van der Waals surface area contributed by atoms with Gasteiger partial charge in [-0.1, -0.05) is 0 Å². The largest absolute Gasteiger partial charge is 0.478 e. The van der Waals surface area contributed by atoms with Gasteiger partial charge in [0.05, 0.1) is 28.6 Å². The van der Waals surface area contributed by atoms with Crippen molar-refractivity contribution in [2.24, 2.45) is 0 Å². The van der Waals surface area contributed by atoms with Crippen molar-refractivity contribution in [3.8, 4) is 0 Å². The van der Waals surface area contributed by atoms with Crippen molar-refractivity contribution in [2.45, 2.75) is 65.2 Å². The van der Waals surface area contributed by atoms with Crippen LogP contribution in [0.5, 0.6) is 0 Å². The molecule has 2 heterocycles. The zero-order valence-electron chi connectivity index (χ0n) is 12.4. The maximum atomic E-state index is 11.3. The average molecular weight is 266 g/mol. The molecule has 1 saturated heterocycles. The summed E-state index contributed by atoms with van der Waals surface area (Å²) in [6, 6.07) is 0.0503. The monoisotopic (exact) mass is 266 g/mol. The number of hydrogen-bond acceptors (Lipinski definition) is 3. The molecular formula is C14H22N2O3. The fourth-order valence-corrected chi connectivity index (χ4v) is 3.19. The standard InChI is InChI=1S/C14H22N2O3/c1-8-11(12(17)18)9(2)16(15-8)10-7-13(3,4)19-14(10,5)6/h10H,7H2,1-6H3,(H,17,18). The Hall–Kier alpha value is -1.36. The second kappa shape index (κ2) is 4.07. The lowest BCUT2D eigenvalue weighted by Gasteiger charge is -2.28. The predicted octanol–water partition coefficient (Wildman–Crippen LogP) is 2.72. The van der Waals surface area contributed by atoms with Gasteiger partial charge in [0.25, 0.3) is 0 Å². The number of nitrogens with zero attached hydrogens (tertiary/aromatic N) is 2. The van der Waals surface area contributed by atoms with Crippen LogP contribution in [0.2, 0.25) is 0 Å². The number of aromatic nitrogens is 2. The molecule has 5 heteroatoms. The van der Waals surface area contributed by atoms with Gasteiger partial charge >= 0.3 is 5.97 Å². The van der Waals surface area contributed by atoms with Gasteiger partial charge in [0.15, 0.2) is 0 Å². The smallest absolute Gasteiger partial charge is 0.339 e. The Bertz CT molecular complexity index is 529. The number of carboxylic acid groups (broad SMARTS) is 1. The molecule has 0 spiro atoms. The van der Waals surface area contributed by atoms with E-state index in [-0.39, 0.29) is 17.2 Å². The highest BCUT2D eigenvalue weighted by atomic mass is 16.5. The molecule has 1 aliphatic rings. The molecule has 1 atom stereocenters. The van der Waals surface area contributed by atoms with Gasteiger partial charge in [0, 0.05) is 6.42 Å². The van der Waals surface area contributed by atoms with E-state index < -0.39 is 5.97 Å². The van der Waals surface area contributed by atoms with E-state index >= 15 is 0 Å². The highest BCUT2D eigenvalue weighted by Crippen LogP contribution is 2.45. The van der Waals surface area contributed by atoms with Crippen LogP contribution in [0, 0.1) is 13.8 Å². The highest BCUT2D eigenvalue weighted by Gasteiger charge is 2.48. The van der Waals surface area contributed by atoms with Gasteiger partial charge < -0.3 is 9.84 Å². The molecule has 1 aromatic rings. The van der Waals surface area contributed by atoms with Crippen molar-refractivity contribution in [2.75, 3.05) is 0 Å². The van der Waals surface area contributed by atoms with Crippen LogP contribution < -0.4 is 0 Å². The van der Waals surface area contributed by atoms with Crippen LogP contribution in [0.15, 0.2) is 0 Å². The lowest BCUT2D eigenvalue weighted by Crippen LogP contribution is -2.32. The van der Waals surface area contributed by atoms with E-state index in [2.05, 4.69) is 18.9 Å². The van der Waals surface area contributed by atoms with E-state index in [0.717, 1.165) is 6.42 Å². The zero-order chi connectivity index (χ0) is 14.6. The quantitative estimate of drug-likeness (QED) is 0.894. The molecule has 1 N–H and O–H groups in total. The minimum absolute atomic E-state index is 0.0503. The van der Waals surface area contributed by atoms with Crippen LogP contribution in [0.3, 0.4) is 0 Å². The van der Waals surface area contributed by atoms with E-state index in [4.69, 9.17) is 4.74 Å². The Morgan fingerprint density at radius 3 is 2.32 bits per heavy atom. The third-order valence-electron chi connectivity index (χ3n) is 3.86. The fraction of sp³-hybridized carbons (Fsp3) is 0.714. The summed E-state index contributed by atoms with van der Waals surface area (Å²) >= 11 is 0. The third-order valence-corrected chi connectivity index (χ3v) is 3.86. The highest BCUT2D eigenvalue weighted by molar-refractivity contribution is 5.90. The average Bonchev–Trinajstić information content (AvgIpc) is 2.59. The van der Waals surface area contributed by atoms with Gasteiger partial charge in [-0.2, -0.15) is 5.10 Å². The van der Waals surface area contributed by atoms with Crippen LogP contribution in [0.25, 0.3) is 0 Å². The number of ether oxygens (including phenoxy) is 1. The predicted molar refractivity (Wildman–Crippen MR) is 71.6 cm³/mol. The number of hydrogen-bond donors (Lipinski definition) is 1. The Balaban J connectivity index is 2.49. The molecule has 1 aromatic heterocycles. The molecule has 0 aromatic carbocycles. The number of aromatic carboxylic acids is 1.